The smallest absolute Gasteiger partial charge is 0.344 e. The van der Waals surface area contributed by atoms with Crippen LogP contribution in [0.25, 0.3) is 0 Å². The molecule has 4 heteroatoms. The molecule has 18 heavy (non-hydrogen) atoms. The van der Waals surface area contributed by atoms with Crippen molar-refractivity contribution in [2.45, 2.75) is 26.7 Å². The van der Waals surface area contributed by atoms with Crippen molar-refractivity contribution < 1.29 is 14.3 Å². The third-order valence-electron chi connectivity index (χ3n) is 2.76. The van der Waals surface area contributed by atoms with Crippen molar-refractivity contribution in [3.05, 3.63) is 23.8 Å². The summed E-state index contributed by atoms with van der Waals surface area (Å²) in [6.07, 6.45) is 2.12. The van der Waals surface area contributed by atoms with Crippen molar-refractivity contribution in [3.63, 3.8) is 0 Å². The number of rotatable bonds is 6. The highest BCUT2D eigenvalue weighted by Crippen LogP contribution is 2.25. The van der Waals surface area contributed by atoms with Gasteiger partial charge in [0.1, 0.15) is 11.3 Å². The summed E-state index contributed by atoms with van der Waals surface area (Å²) < 4.78 is 10.4. The molecule has 0 aliphatic rings. The van der Waals surface area contributed by atoms with E-state index in [1.807, 2.05) is 0 Å². The number of anilines is 1. The number of carbonyl (C=O) groups excluding carboxylic acids is 1. The van der Waals surface area contributed by atoms with E-state index in [0.29, 0.717) is 29.5 Å². The molecule has 0 heterocycles. The molecule has 1 atom stereocenters. The van der Waals surface area contributed by atoms with E-state index in [2.05, 4.69) is 13.8 Å². The zero-order valence-electron chi connectivity index (χ0n) is 11.2. The maximum absolute atomic E-state index is 12.0. The van der Waals surface area contributed by atoms with Gasteiger partial charge in [-0.05, 0) is 24.5 Å². The van der Waals surface area contributed by atoms with Crippen LogP contribution in [0.3, 0.4) is 0 Å². The minimum atomic E-state index is -0.423. The van der Waals surface area contributed by atoms with E-state index in [-0.39, 0.29) is 0 Å². The average molecular weight is 251 g/mol. The quantitative estimate of drug-likeness (QED) is 0.623. The fourth-order valence-electron chi connectivity index (χ4n) is 1.80. The number of benzene rings is 1. The van der Waals surface area contributed by atoms with Crippen molar-refractivity contribution in [1.29, 1.82) is 0 Å². The molecule has 1 rings (SSSR count). The lowest BCUT2D eigenvalue weighted by Crippen LogP contribution is -2.14. The molecule has 2 N–H and O–H groups in total. The lowest BCUT2D eigenvalue weighted by Gasteiger charge is -2.13. The highest BCUT2D eigenvalue weighted by atomic mass is 16.5. The third kappa shape index (κ3) is 3.65. The van der Waals surface area contributed by atoms with E-state index in [1.165, 1.54) is 7.11 Å². The summed E-state index contributed by atoms with van der Waals surface area (Å²) >= 11 is 0. The number of nitrogens with two attached hydrogens (primary N) is 1. The largest absolute Gasteiger partial charge is 0.496 e. The van der Waals surface area contributed by atoms with Gasteiger partial charge in [-0.15, -0.1) is 0 Å². The summed E-state index contributed by atoms with van der Waals surface area (Å²) in [5, 5.41) is 0. The molecule has 0 bridgehead atoms. The SMILES string of the molecule is CCCC(C)COC(=O)c1c(N)cccc1OC. The summed E-state index contributed by atoms with van der Waals surface area (Å²) in [7, 11) is 1.51. The first kappa shape index (κ1) is 14.4. The third-order valence-corrected chi connectivity index (χ3v) is 2.76. The van der Waals surface area contributed by atoms with Crippen LogP contribution in [0.15, 0.2) is 18.2 Å². The Morgan fingerprint density at radius 1 is 1.44 bits per heavy atom. The Hall–Kier alpha value is -1.71. The fraction of sp³-hybridized carbons (Fsp3) is 0.500. The van der Waals surface area contributed by atoms with Crippen LogP contribution in [0, 0.1) is 5.92 Å². The zero-order chi connectivity index (χ0) is 13.5. The number of esters is 1. The number of methoxy groups -OCH3 is 1. The highest BCUT2D eigenvalue weighted by Gasteiger charge is 2.17. The molecular formula is C14H21NO3. The molecule has 0 aliphatic heterocycles. The van der Waals surface area contributed by atoms with Gasteiger partial charge in [0.05, 0.1) is 13.7 Å². The molecule has 0 spiro atoms. The first-order valence-electron chi connectivity index (χ1n) is 6.19. The summed E-state index contributed by atoms with van der Waals surface area (Å²) in [5.41, 5.74) is 6.47. The Bertz CT molecular complexity index is 404. The normalized spacial score (nSPS) is 11.9. The molecule has 1 aromatic rings. The van der Waals surface area contributed by atoms with E-state index in [1.54, 1.807) is 18.2 Å². The van der Waals surface area contributed by atoms with Gasteiger partial charge in [-0.2, -0.15) is 0 Å². The van der Waals surface area contributed by atoms with Gasteiger partial charge in [-0.3, -0.25) is 0 Å². The van der Waals surface area contributed by atoms with Gasteiger partial charge in [-0.25, -0.2) is 4.79 Å². The number of nitrogen functional groups attached to an aromatic ring is 1. The van der Waals surface area contributed by atoms with Crippen LogP contribution in [-0.2, 0) is 4.74 Å². The van der Waals surface area contributed by atoms with Crippen molar-refractivity contribution in [2.24, 2.45) is 5.92 Å². The van der Waals surface area contributed by atoms with Crippen LogP contribution >= 0.6 is 0 Å². The monoisotopic (exact) mass is 251 g/mol. The van der Waals surface area contributed by atoms with E-state index in [4.69, 9.17) is 15.2 Å². The summed E-state index contributed by atoms with van der Waals surface area (Å²) in [6.45, 7) is 4.57. The lowest BCUT2D eigenvalue weighted by molar-refractivity contribution is 0.0441. The molecule has 1 aromatic carbocycles. The van der Waals surface area contributed by atoms with Gasteiger partial charge < -0.3 is 15.2 Å². The second-order valence-corrected chi connectivity index (χ2v) is 4.42. The molecule has 0 amide bonds. The predicted molar refractivity (Wildman–Crippen MR) is 71.8 cm³/mol. The van der Waals surface area contributed by atoms with Gasteiger partial charge in [0.2, 0.25) is 0 Å². The van der Waals surface area contributed by atoms with E-state index >= 15 is 0 Å². The van der Waals surface area contributed by atoms with Crippen molar-refractivity contribution in [1.82, 2.24) is 0 Å². The van der Waals surface area contributed by atoms with Crippen LogP contribution in [0.4, 0.5) is 5.69 Å². The Balaban J connectivity index is 2.72. The van der Waals surface area contributed by atoms with Crippen LogP contribution in [0.2, 0.25) is 0 Å². The molecule has 0 fully saturated rings. The van der Waals surface area contributed by atoms with E-state index in [9.17, 15) is 4.79 Å². The summed E-state index contributed by atoms with van der Waals surface area (Å²) in [5.74, 6) is 0.380. The Morgan fingerprint density at radius 2 is 2.17 bits per heavy atom. The van der Waals surface area contributed by atoms with E-state index in [0.717, 1.165) is 12.8 Å². The van der Waals surface area contributed by atoms with Crippen LogP contribution < -0.4 is 10.5 Å². The highest BCUT2D eigenvalue weighted by molar-refractivity contribution is 5.98. The zero-order valence-corrected chi connectivity index (χ0v) is 11.2. The van der Waals surface area contributed by atoms with Crippen molar-refractivity contribution >= 4 is 11.7 Å². The van der Waals surface area contributed by atoms with Gasteiger partial charge in [0.25, 0.3) is 0 Å². The molecule has 4 nitrogen and oxygen atoms in total. The topological polar surface area (TPSA) is 61.5 Å². The lowest BCUT2D eigenvalue weighted by atomic mass is 10.1. The maximum atomic E-state index is 12.0. The summed E-state index contributed by atoms with van der Waals surface area (Å²) in [4.78, 5) is 12.0. The van der Waals surface area contributed by atoms with Gasteiger partial charge >= 0.3 is 5.97 Å². The molecule has 0 saturated carbocycles. The fourth-order valence-corrected chi connectivity index (χ4v) is 1.80. The van der Waals surface area contributed by atoms with Crippen LogP contribution in [-0.4, -0.2) is 19.7 Å². The van der Waals surface area contributed by atoms with Gasteiger partial charge in [0, 0.05) is 5.69 Å². The predicted octanol–water partition coefficient (Wildman–Crippen LogP) is 2.87. The first-order chi connectivity index (χ1) is 8.60. The standard InChI is InChI=1S/C14H21NO3/c1-4-6-10(2)9-18-14(16)13-11(15)7-5-8-12(13)17-3/h5,7-8,10H,4,6,9,15H2,1-3H3. The molecule has 0 aromatic heterocycles. The second-order valence-electron chi connectivity index (χ2n) is 4.42. The Kier molecular flexibility index (Phi) is 5.49. The minimum absolute atomic E-state index is 0.309. The summed E-state index contributed by atoms with van der Waals surface area (Å²) in [6, 6.07) is 5.10. The molecule has 100 valence electrons. The number of hydrogen-bond donors (Lipinski definition) is 1. The molecule has 0 radical (unpaired) electrons. The van der Waals surface area contributed by atoms with Gasteiger partial charge in [0.15, 0.2) is 0 Å². The average Bonchev–Trinajstić information content (AvgIpc) is 2.36. The molecule has 0 saturated heterocycles. The Labute approximate surface area is 108 Å². The molecule has 1 unspecified atom stereocenters. The Morgan fingerprint density at radius 3 is 2.78 bits per heavy atom. The van der Waals surface area contributed by atoms with Crippen LogP contribution in [0.5, 0.6) is 5.75 Å². The number of hydrogen-bond acceptors (Lipinski definition) is 4. The van der Waals surface area contributed by atoms with Crippen molar-refractivity contribution in [3.8, 4) is 5.75 Å². The minimum Gasteiger partial charge on any atom is -0.496 e. The van der Waals surface area contributed by atoms with Crippen LogP contribution in [0.1, 0.15) is 37.0 Å². The molecular weight excluding hydrogens is 230 g/mol. The van der Waals surface area contributed by atoms with Gasteiger partial charge in [-0.1, -0.05) is 26.3 Å². The second kappa shape index (κ2) is 6.89. The maximum Gasteiger partial charge on any atom is 0.344 e. The van der Waals surface area contributed by atoms with Crippen molar-refractivity contribution in [2.75, 3.05) is 19.5 Å². The molecule has 0 aliphatic carbocycles. The first-order valence-corrected chi connectivity index (χ1v) is 6.19. The number of ether oxygens (including phenoxy) is 2. The number of carbonyl (C=O) groups is 1. The van der Waals surface area contributed by atoms with E-state index < -0.39 is 5.97 Å².